The molecule has 1 aromatic heterocycles. The first-order valence-electron chi connectivity index (χ1n) is 7.20. The highest BCUT2D eigenvalue weighted by Crippen LogP contribution is 2.17. The molecule has 2 rings (SSSR count). The summed E-state index contributed by atoms with van der Waals surface area (Å²) in [6.07, 6.45) is -1.04. The number of aliphatic hydroxyl groups excluding tert-OH is 1. The van der Waals surface area contributed by atoms with Gasteiger partial charge in [-0.25, -0.2) is 9.18 Å². The molecule has 2 unspecified atom stereocenters. The maximum absolute atomic E-state index is 13.0. The number of carbonyl (C=O) groups is 1. The van der Waals surface area contributed by atoms with E-state index < -0.39 is 12.1 Å². The number of rotatable bonds is 7. The third kappa shape index (κ3) is 5.88. The zero-order valence-electron chi connectivity index (χ0n) is 12.7. The highest BCUT2D eigenvalue weighted by atomic mass is 32.1. The summed E-state index contributed by atoms with van der Waals surface area (Å²) in [6, 6.07) is 9.09. The largest absolute Gasteiger partial charge is 0.489 e. The van der Waals surface area contributed by atoms with Crippen molar-refractivity contribution in [3.63, 3.8) is 0 Å². The molecule has 0 aliphatic carbocycles. The van der Waals surface area contributed by atoms with Crippen molar-refractivity contribution in [2.75, 3.05) is 13.1 Å². The molecule has 0 saturated carbocycles. The molecule has 23 heavy (non-hydrogen) atoms. The molecule has 2 amide bonds. The number of hydrogen-bond acceptors (Lipinski definition) is 4. The molecule has 2 atom stereocenters. The minimum atomic E-state index is -0.721. The minimum absolute atomic E-state index is 0.130. The molecule has 0 bridgehead atoms. The lowest BCUT2D eigenvalue weighted by molar-refractivity contribution is 0.174. The van der Waals surface area contributed by atoms with Crippen molar-refractivity contribution in [1.29, 1.82) is 0 Å². The van der Waals surface area contributed by atoms with Crippen LogP contribution in [0.3, 0.4) is 0 Å². The van der Waals surface area contributed by atoms with Gasteiger partial charge in [0.2, 0.25) is 0 Å². The fraction of sp³-hybridized carbons (Fsp3) is 0.312. The SMILES string of the molecule is CC(CNC(=O)NCC(O)c1cccs1)Oc1cccc(F)c1. The van der Waals surface area contributed by atoms with Gasteiger partial charge in [-0.1, -0.05) is 12.1 Å². The number of hydrogen-bond donors (Lipinski definition) is 3. The van der Waals surface area contributed by atoms with E-state index in [0.717, 1.165) is 4.88 Å². The predicted octanol–water partition coefficient (Wildman–Crippen LogP) is 2.69. The number of thiophene rings is 1. The zero-order valence-corrected chi connectivity index (χ0v) is 13.5. The molecule has 0 aliphatic heterocycles. The topological polar surface area (TPSA) is 70.6 Å². The third-order valence-electron chi connectivity index (χ3n) is 3.01. The Balaban J connectivity index is 1.67. The van der Waals surface area contributed by atoms with Gasteiger partial charge in [0.05, 0.1) is 13.1 Å². The van der Waals surface area contributed by atoms with Crippen LogP contribution in [-0.2, 0) is 0 Å². The summed E-state index contributed by atoms with van der Waals surface area (Å²) in [5, 5.41) is 17.0. The Morgan fingerprint density at radius 3 is 2.78 bits per heavy atom. The first-order valence-corrected chi connectivity index (χ1v) is 8.08. The van der Waals surface area contributed by atoms with Gasteiger partial charge in [-0.2, -0.15) is 0 Å². The van der Waals surface area contributed by atoms with Crippen molar-refractivity contribution in [2.45, 2.75) is 19.1 Å². The van der Waals surface area contributed by atoms with Crippen molar-refractivity contribution in [3.05, 3.63) is 52.5 Å². The normalized spacial score (nSPS) is 13.2. The monoisotopic (exact) mass is 338 g/mol. The van der Waals surface area contributed by atoms with Crippen molar-refractivity contribution in [1.82, 2.24) is 10.6 Å². The van der Waals surface area contributed by atoms with E-state index in [2.05, 4.69) is 10.6 Å². The number of urea groups is 1. The summed E-state index contributed by atoms with van der Waals surface area (Å²) < 4.78 is 18.5. The minimum Gasteiger partial charge on any atom is -0.489 e. The van der Waals surface area contributed by atoms with Gasteiger partial charge in [-0.05, 0) is 30.5 Å². The fourth-order valence-corrected chi connectivity index (χ4v) is 2.60. The van der Waals surface area contributed by atoms with Gasteiger partial charge in [0.1, 0.15) is 23.8 Å². The number of aliphatic hydroxyl groups is 1. The van der Waals surface area contributed by atoms with Gasteiger partial charge in [0, 0.05) is 10.9 Å². The molecule has 0 spiro atoms. The summed E-state index contributed by atoms with van der Waals surface area (Å²) in [5.74, 6) is 0.0378. The summed E-state index contributed by atoms with van der Waals surface area (Å²) in [6.45, 7) is 2.16. The number of benzene rings is 1. The number of amides is 2. The Morgan fingerprint density at radius 2 is 2.09 bits per heavy atom. The van der Waals surface area contributed by atoms with Crippen LogP contribution in [0.15, 0.2) is 41.8 Å². The molecule has 0 aliphatic rings. The van der Waals surface area contributed by atoms with Gasteiger partial charge in [0.15, 0.2) is 0 Å². The van der Waals surface area contributed by atoms with Crippen LogP contribution in [0.4, 0.5) is 9.18 Å². The molecule has 7 heteroatoms. The smallest absolute Gasteiger partial charge is 0.315 e. The summed E-state index contributed by atoms with van der Waals surface area (Å²) >= 11 is 1.43. The molecule has 0 radical (unpaired) electrons. The molecule has 124 valence electrons. The van der Waals surface area contributed by atoms with Crippen molar-refractivity contribution >= 4 is 17.4 Å². The summed E-state index contributed by atoms with van der Waals surface area (Å²) in [5.41, 5.74) is 0. The fourth-order valence-electron chi connectivity index (χ4n) is 1.88. The van der Waals surface area contributed by atoms with E-state index in [-0.39, 0.29) is 25.0 Å². The Bertz CT molecular complexity index is 622. The quantitative estimate of drug-likeness (QED) is 0.727. The lowest BCUT2D eigenvalue weighted by Gasteiger charge is -2.16. The number of ether oxygens (including phenoxy) is 1. The molecule has 2 aromatic rings. The molecule has 5 nitrogen and oxygen atoms in total. The second-order valence-electron chi connectivity index (χ2n) is 5.01. The van der Waals surface area contributed by atoms with E-state index in [1.165, 1.54) is 23.5 Å². The van der Waals surface area contributed by atoms with Crippen molar-refractivity contribution in [2.24, 2.45) is 0 Å². The van der Waals surface area contributed by atoms with Crippen LogP contribution in [-0.4, -0.2) is 30.3 Å². The molecule has 1 heterocycles. The highest BCUT2D eigenvalue weighted by Gasteiger charge is 2.11. The Hall–Kier alpha value is -2.12. The Labute approximate surface area is 138 Å². The second kappa shape index (κ2) is 8.50. The van der Waals surface area contributed by atoms with E-state index in [9.17, 15) is 14.3 Å². The third-order valence-corrected chi connectivity index (χ3v) is 3.98. The number of halogens is 1. The number of nitrogens with one attached hydrogen (secondary N) is 2. The van der Waals surface area contributed by atoms with E-state index in [0.29, 0.717) is 5.75 Å². The zero-order chi connectivity index (χ0) is 16.7. The van der Waals surface area contributed by atoms with Crippen LogP contribution in [0.2, 0.25) is 0 Å². The molecule has 1 aromatic carbocycles. The summed E-state index contributed by atoms with van der Waals surface area (Å²) in [4.78, 5) is 12.5. The lowest BCUT2D eigenvalue weighted by atomic mass is 10.3. The first-order chi connectivity index (χ1) is 11.0. The van der Waals surface area contributed by atoms with E-state index in [1.54, 1.807) is 19.1 Å². The van der Waals surface area contributed by atoms with Gasteiger partial charge in [0.25, 0.3) is 0 Å². The van der Waals surface area contributed by atoms with E-state index in [1.807, 2.05) is 17.5 Å². The summed E-state index contributed by atoms with van der Waals surface area (Å²) in [7, 11) is 0. The number of carbonyl (C=O) groups excluding carboxylic acids is 1. The van der Waals surface area contributed by atoms with E-state index >= 15 is 0 Å². The van der Waals surface area contributed by atoms with Gasteiger partial charge < -0.3 is 20.5 Å². The van der Waals surface area contributed by atoms with E-state index in [4.69, 9.17) is 4.74 Å². The van der Waals surface area contributed by atoms with Crippen molar-refractivity contribution in [3.8, 4) is 5.75 Å². The average Bonchev–Trinajstić information content (AvgIpc) is 3.05. The highest BCUT2D eigenvalue weighted by molar-refractivity contribution is 7.10. The molecular formula is C16H19FN2O3S. The molecule has 0 fully saturated rings. The molecular weight excluding hydrogens is 319 g/mol. The maximum Gasteiger partial charge on any atom is 0.315 e. The standard InChI is InChI=1S/C16H19FN2O3S/c1-11(22-13-5-2-4-12(17)8-13)9-18-16(21)19-10-14(20)15-6-3-7-23-15/h2-8,11,14,20H,9-10H2,1H3,(H2,18,19,21). The predicted molar refractivity (Wildman–Crippen MR) is 87.2 cm³/mol. The van der Waals surface area contributed by atoms with Gasteiger partial charge in [-0.15, -0.1) is 11.3 Å². The Morgan fingerprint density at radius 1 is 1.30 bits per heavy atom. The second-order valence-corrected chi connectivity index (χ2v) is 5.99. The Kier molecular flexibility index (Phi) is 6.37. The van der Waals surface area contributed by atoms with Crippen molar-refractivity contribution < 1.29 is 19.0 Å². The molecule has 0 saturated heterocycles. The van der Waals surface area contributed by atoms with Gasteiger partial charge >= 0.3 is 6.03 Å². The average molecular weight is 338 g/mol. The van der Waals surface area contributed by atoms with Crippen LogP contribution in [0.5, 0.6) is 5.75 Å². The van der Waals surface area contributed by atoms with Crippen LogP contribution in [0.25, 0.3) is 0 Å². The van der Waals surface area contributed by atoms with Crippen LogP contribution < -0.4 is 15.4 Å². The van der Waals surface area contributed by atoms with Crippen LogP contribution in [0.1, 0.15) is 17.9 Å². The maximum atomic E-state index is 13.0. The van der Waals surface area contributed by atoms with Crippen LogP contribution in [0, 0.1) is 5.82 Å². The van der Waals surface area contributed by atoms with Crippen LogP contribution >= 0.6 is 11.3 Å². The van der Waals surface area contributed by atoms with Gasteiger partial charge in [-0.3, -0.25) is 0 Å². The first kappa shape index (κ1) is 17.2. The lowest BCUT2D eigenvalue weighted by Crippen LogP contribution is -2.41. The molecule has 3 N–H and O–H groups in total.